The van der Waals surface area contributed by atoms with Crippen LogP contribution in [0.1, 0.15) is 22.3 Å². The van der Waals surface area contributed by atoms with Gasteiger partial charge in [0.15, 0.2) is 0 Å². The summed E-state index contributed by atoms with van der Waals surface area (Å²) in [6.07, 6.45) is 1.000. The zero-order chi connectivity index (χ0) is 18.5. The number of halogens is 1. The van der Waals surface area contributed by atoms with Crippen LogP contribution in [0.25, 0.3) is 0 Å². The van der Waals surface area contributed by atoms with Crippen LogP contribution in [0, 0.1) is 5.82 Å². The van der Waals surface area contributed by atoms with E-state index in [1.165, 1.54) is 18.2 Å². The largest absolute Gasteiger partial charge is 0.399 e. The summed E-state index contributed by atoms with van der Waals surface area (Å²) in [5, 5.41) is 0. The lowest BCUT2D eigenvalue weighted by atomic mass is 10.1. The monoisotopic (exact) mass is 355 g/mol. The zero-order valence-electron chi connectivity index (χ0n) is 14.5. The van der Waals surface area contributed by atoms with Crippen molar-refractivity contribution in [3.8, 4) is 0 Å². The van der Waals surface area contributed by atoms with E-state index >= 15 is 0 Å². The van der Waals surface area contributed by atoms with Crippen molar-refractivity contribution in [3.05, 3.63) is 65.5 Å². The smallest absolute Gasteiger partial charge is 0.254 e. The minimum Gasteiger partial charge on any atom is -0.399 e. The maximum absolute atomic E-state index is 13.3. The van der Waals surface area contributed by atoms with Gasteiger partial charge in [-0.15, -0.1) is 0 Å². The van der Waals surface area contributed by atoms with Gasteiger partial charge < -0.3 is 15.5 Å². The maximum atomic E-state index is 13.3. The number of nitrogen functional groups attached to an aromatic ring is 1. The number of hydrogen-bond acceptors (Lipinski definition) is 3. The summed E-state index contributed by atoms with van der Waals surface area (Å²) in [5.74, 6) is -0.565. The first-order valence-corrected chi connectivity index (χ1v) is 8.70. The first kappa shape index (κ1) is 17.9. The lowest BCUT2D eigenvalue weighted by molar-refractivity contribution is -0.132. The molecule has 0 atom stereocenters. The van der Waals surface area contributed by atoms with Gasteiger partial charge in [0.05, 0.1) is 0 Å². The van der Waals surface area contributed by atoms with Crippen LogP contribution in [-0.2, 0) is 11.2 Å². The highest BCUT2D eigenvalue weighted by Gasteiger charge is 2.24. The summed E-state index contributed by atoms with van der Waals surface area (Å²) in [6.45, 7) is 1.89. The van der Waals surface area contributed by atoms with Gasteiger partial charge in [0.2, 0.25) is 5.91 Å². The van der Waals surface area contributed by atoms with Crippen molar-refractivity contribution < 1.29 is 14.0 Å². The molecule has 1 saturated heterocycles. The quantitative estimate of drug-likeness (QED) is 0.856. The first-order chi connectivity index (χ1) is 12.5. The molecule has 0 radical (unpaired) electrons. The molecule has 1 heterocycles. The van der Waals surface area contributed by atoms with E-state index in [4.69, 9.17) is 5.73 Å². The Hall–Kier alpha value is -2.89. The molecule has 1 fully saturated rings. The Balaban J connectivity index is 1.51. The van der Waals surface area contributed by atoms with Crippen LogP contribution in [0.15, 0.2) is 48.5 Å². The Morgan fingerprint density at radius 2 is 1.65 bits per heavy atom. The second-order valence-electron chi connectivity index (χ2n) is 6.38. The molecular formula is C20H22FN3O2. The molecule has 26 heavy (non-hydrogen) atoms. The van der Waals surface area contributed by atoms with Gasteiger partial charge >= 0.3 is 0 Å². The summed E-state index contributed by atoms with van der Waals surface area (Å²) in [7, 11) is 0. The Morgan fingerprint density at radius 1 is 0.962 bits per heavy atom. The normalized spacial score (nSPS) is 14.3. The Labute approximate surface area is 152 Å². The summed E-state index contributed by atoms with van der Waals surface area (Å²) in [4.78, 5) is 28.3. The molecule has 0 bridgehead atoms. The molecular weight excluding hydrogens is 333 g/mol. The Kier molecular flexibility index (Phi) is 5.51. The van der Waals surface area contributed by atoms with Crippen LogP contribution < -0.4 is 5.73 Å². The fourth-order valence-corrected chi connectivity index (χ4v) is 3.12. The number of aryl methyl sites for hydroxylation is 1. The van der Waals surface area contributed by atoms with Gasteiger partial charge in [-0.1, -0.05) is 24.3 Å². The molecule has 0 aliphatic carbocycles. The van der Waals surface area contributed by atoms with Crippen LogP contribution in [0.5, 0.6) is 0 Å². The zero-order valence-corrected chi connectivity index (χ0v) is 14.5. The fraction of sp³-hybridized carbons (Fsp3) is 0.300. The minimum absolute atomic E-state index is 0.0612. The lowest BCUT2D eigenvalue weighted by Crippen LogP contribution is -2.50. The Bertz CT molecular complexity index is 801. The highest BCUT2D eigenvalue weighted by atomic mass is 19.1. The second-order valence-corrected chi connectivity index (χ2v) is 6.38. The number of amides is 2. The number of piperazine rings is 1. The molecule has 0 unspecified atom stereocenters. The van der Waals surface area contributed by atoms with Crippen molar-refractivity contribution in [2.75, 3.05) is 31.9 Å². The molecule has 5 nitrogen and oxygen atoms in total. The predicted octanol–water partition coefficient (Wildman–Crippen LogP) is 2.33. The van der Waals surface area contributed by atoms with E-state index in [0.717, 1.165) is 5.56 Å². The van der Waals surface area contributed by atoms with Crippen molar-refractivity contribution in [2.45, 2.75) is 12.8 Å². The van der Waals surface area contributed by atoms with Gasteiger partial charge in [0.1, 0.15) is 5.82 Å². The van der Waals surface area contributed by atoms with Gasteiger partial charge in [-0.25, -0.2) is 4.39 Å². The summed E-state index contributed by atoms with van der Waals surface area (Å²) < 4.78 is 13.3. The highest BCUT2D eigenvalue weighted by Crippen LogP contribution is 2.15. The van der Waals surface area contributed by atoms with Crippen LogP contribution in [-0.4, -0.2) is 47.8 Å². The van der Waals surface area contributed by atoms with Gasteiger partial charge in [-0.2, -0.15) is 0 Å². The van der Waals surface area contributed by atoms with E-state index in [1.807, 2.05) is 24.3 Å². The molecule has 2 amide bonds. The highest BCUT2D eigenvalue weighted by molar-refractivity contribution is 5.94. The third kappa shape index (κ3) is 4.20. The summed E-state index contributed by atoms with van der Waals surface area (Å²) in [6, 6.07) is 13.2. The van der Waals surface area contributed by atoms with E-state index in [2.05, 4.69) is 0 Å². The van der Waals surface area contributed by atoms with Crippen LogP contribution >= 0.6 is 0 Å². The van der Waals surface area contributed by atoms with E-state index in [9.17, 15) is 14.0 Å². The van der Waals surface area contributed by atoms with E-state index in [0.29, 0.717) is 50.3 Å². The van der Waals surface area contributed by atoms with Crippen molar-refractivity contribution >= 4 is 17.5 Å². The molecule has 2 aromatic carbocycles. The number of rotatable bonds is 4. The fourth-order valence-electron chi connectivity index (χ4n) is 3.12. The number of nitrogens with zero attached hydrogens (tertiary/aromatic N) is 2. The summed E-state index contributed by atoms with van der Waals surface area (Å²) in [5.41, 5.74) is 7.92. The van der Waals surface area contributed by atoms with Gasteiger partial charge in [0.25, 0.3) is 5.91 Å². The van der Waals surface area contributed by atoms with E-state index in [-0.39, 0.29) is 11.8 Å². The standard InChI is InChI=1S/C20H22FN3O2/c21-17-6-3-5-16(14-17)20(26)24-12-10-23(11-13-24)19(25)9-8-15-4-1-2-7-18(15)22/h1-7,14H,8-13,22H2. The molecule has 2 aromatic rings. The van der Waals surface area contributed by atoms with Crippen molar-refractivity contribution in [1.29, 1.82) is 0 Å². The van der Waals surface area contributed by atoms with Crippen LogP contribution in [0.3, 0.4) is 0 Å². The van der Waals surface area contributed by atoms with Crippen molar-refractivity contribution in [2.24, 2.45) is 0 Å². The molecule has 0 aromatic heterocycles. The third-order valence-electron chi connectivity index (χ3n) is 4.65. The van der Waals surface area contributed by atoms with Crippen molar-refractivity contribution in [3.63, 3.8) is 0 Å². The molecule has 1 aliphatic heterocycles. The van der Waals surface area contributed by atoms with Gasteiger partial charge in [-0.3, -0.25) is 9.59 Å². The van der Waals surface area contributed by atoms with Crippen molar-refractivity contribution in [1.82, 2.24) is 9.80 Å². The number of para-hydroxylation sites is 1. The van der Waals surface area contributed by atoms with Gasteiger partial charge in [0, 0.05) is 43.9 Å². The van der Waals surface area contributed by atoms with Crippen LogP contribution in [0.2, 0.25) is 0 Å². The Morgan fingerprint density at radius 3 is 2.35 bits per heavy atom. The molecule has 2 N–H and O–H groups in total. The first-order valence-electron chi connectivity index (χ1n) is 8.70. The molecule has 0 saturated carbocycles. The molecule has 0 spiro atoms. The molecule has 6 heteroatoms. The van der Waals surface area contributed by atoms with E-state index in [1.54, 1.807) is 15.9 Å². The number of carbonyl (C=O) groups excluding carboxylic acids is 2. The SMILES string of the molecule is Nc1ccccc1CCC(=O)N1CCN(C(=O)c2cccc(F)c2)CC1. The topological polar surface area (TPSA) is 66.6 Å². The minimum atomic E-state index is -0.426. The maximum Gasteiger partial charge on any atom is 0.254 e. The van der Waals surface area contributed by atoms with Crippen LogP contribution in [0.4, 0.5) is 10.1 Å². The third-order valence-corrected chi connectivity index (χ3v) is 4.65. The number of benzene rings is 2. The number of anilines is 1. The second kappa shape index (κ2) is 7.99. The average Bonchev–Trinajstić information content (AvgIpc) is 2.66. The molecule has 3 rings (SSSR count). The number of nitrogens with two attached hydrogens (primary N) is 1. The summed E-state index contributed by atoms with van der Waals surface area (Å²) >= 11 is 0. The molecule has 1 aliphatic rings. The van der Waals surface area contributed by atoms with E-state index < -0.39 is 5.82 Å². The molecule has 136 valence electrons. The van der Waals surface area contributed by atoms with Gasteiger partial charge in [-0.05, 0) is 36.2 Å². The number of hydrogen-bond donors (Lipinski definition) is 1. The lowest BCUT2D eigenvalue weighted by Gasteiger charge is -2.35. The number of carbonyl (C=O) groups is 2. The predicted molar refractivity (Wildman–Crippen MR) is 98.1 cm³/mol. The average molecular weight is 355 g/mol.